The van der Waals surface area contributed by atoms with Crippen molar-refractivity contribution in [3.63, 3.8) is 0 Å². The van der Waals surface area contributed by atoms with Crippen LogP contribution in [0.1, 0.15) is 31.7 Å². The lowest BCUT2D eigenvalue weighted by Crippen LogP contribution is -2.53. The molecular formula is C17H22BrN3O3. The molecule has 1 fully saturated rings. The van der Waals surface area contributed by atoms with Crippen molar-refractivity contribution in [2.45, 2.75) is 38.3 Å². The number of piperidine rings is 1. The first kappa shape index (κ1) is 17.1. The van der Waals surface area contributed by atoms with Gasteiger partial charge in [0.15, 0.2) is 0 Å². The molecule has 3 atom stereocenters. The Morgan fingerprint density at radius 1 is 1.46 bits per heavy atom. The number of nitrogens with two attached hydrogens (primary N) is 1. The molecule has 0 radical (unpaired) electrons. The number of carbonyl (C=O) groups is 2. The normalized spacial score (nSPS) is 23.5. The number of hydrogen-bond acceptors (Lipinski definition) is 4. The van der Waals surface area contributed by atoms with Gasteiger partial charge in [-0.25, -0.2) is 4.79 Å². The number of benzene rings is 1. The molecule has 3 rings (SSSR count). The Bertz CT molecular complexity index is 666. The first-order valence-electron chi connectivity index (χ1n) is 8.23. The Morgan fingerprint density at radius 2 is 2.21 bits per heavy atom. The first-order chi connectivity index (χ1) is 11.5. The lowest BCUT2D eigenvalue weighted by molar-refractivity contribution is -0.119. The summed E-state index contributed by atoms with van der Waals surface area (Å²) in [4.78, 5) is 27.8. The molecule has 130 valence electrons. The standard InChI is InChI=1S/C17H22BrN3O3/c1-3-24-17(23)20-8-7-14-12(9-20)11-5-4-6-13(18)15(11)21(14)10(2)16(19)22/h4-6,10,12,14H,3,7-9H2,1-2H3,(H2,19,22)/t10?,12-,14-/m0/s1. The van der Waals surface area contributed by atoms with Crippen LogP contribution in [0.25, 0.3) is 0 Å². The average Bonchev–Trinajstić information content (AvgIpc) is 2.89. The third kappa shape index (κ3) is 2.75. The summed E-state index contributed by atoms with van der Waals surface area (Å²) in [6.07, 6.45) is 0.510. The van der Waals surface area contributed by atoms with Crippen LogP contribution in [0, 0.1) is 0 Å². The molecule has 24 heavy (non-hydrogen) atoms. The SMILES string of the molecule is CCOC(=O)N1CC[C@H]2[C@@H](C1)c1cccc(Br)c1N2C(C)C(N)=O. The predicted molar refractivity (Wildman–Crippen MR) is 95.0 cm³/mol. The number of carbonyl (C=O) groups excluding carboxylic acids is 2. The molecule has 6 nitrogen and oxygen atoms in total. The van der Waals surface area contributed by atoms with E-state index >= 15 is 0 Å². The van der Waals surface area contributed by atoms with Crippen molar-refractivity contribution in [3.05, 3.63) is 28.2 Å². The Kier molecular flexibility index (Phi) is 4.71. The first-order valence-corrected chi connectivity index (χ1v) is 9.02. The van der Waals surface area contributed by atoms with Crippen molar-refractivity contribution >= 4 is 33.6 Å². The molecule has 0 spiro atoms. The molecule has 0 aromatic heterocycles. The lowest BCUT2D eigenvalue weighted by atomic mass is 9.89. The van der Waals surface area contributed by atoms with Gasteiger partial charge in [0.2, 0.25) is 5.91 Å². The van der Waals surface area contributed by atoms with Crippen molar-refractivity contribution in [2.24, 2.45) is 5.73 Å². The highest BCUT2D eigenvalue weighted by Gasteiger charge is 2.46. The molecule has 2 aliphatic rings. The van der Waals surface area contributed by atoms with Crippen LogP contribution in [-0.4, -0.2) is 48.7 Å². The van der Waals surface area contributed by atoms with Gasteiger partial charge in [-0.2, -0.15) is 0 Å². The van der Waals surface area contributed by atoms with Crippen LogP contribution < -0.4 is 10.6 Å². The van der Waals surface area contributed by atoms with Crippen molar-refractivity contribution in [2.75, 3.05) is 24.6 Å². The second-order valence-corrected chi connectivity index (χ2v) is 7.13. The number of primary amides is 1. The van der Waals surface area contributed by atoms with Crippen LogP contribution in [0.2, 0.25) is 0 Å². The minimum Gasteiger partial charge on any atom is -0.450 e. The van der Waals surface area contributed by atoms with E-state index in [2.05, 4.69) is 26.9 Å². The van der Waals surface area contributed by atoms with E-state index in [9.17, 15) is 9.59 Å². The van der Waals surface area contributed by atoms with Gasteiger partial charge in [0.1, 0.15) is 6.04 Å². The lowest BCUT2D eigenvalue weighted by Gasteiger charge is -2.40. The number of amides is 2. The molecule has 7 heteroatoms. The maximum absolute atomic E-state index is 12.1. The van der Waals surface area contributed by atoms with Gasteiger partial charge in [0.25, 0.3) is 0 Å². The van der Waals surface area contributed by atoms with Crippen molar-refractivity contribution in [3.8, 4) is 0 Å². The number of anilines is 1. The minimum absolute atomic E-state index is 0.150. The van der Waals surface area contributed by atoms with Crippen molar-refractivity contribution < 1.29 is 14.3 Å². The third-order valence-electron chi connectivity index (χ3n) is 4.96. The van der Waals surface area contributed by atoms with Crippen LogP contribution in [0.4, 0.5) is 10.5 Å². The maximum Gasteiger partial charge on any atom is 0.409 e. The van der Waals surface area contributed by atoms with Gasteiger partial charge in [0.05, 0.1) is 12.3 Å². The number of nitrogens with zero attached hydrogens (tertiary/aromatic N) is 2. The Morgan fingerprint density at radius 3 is 2.88 bits per heavy atom. The number of ether oxygens (including phenoxy) is 1. The fourth-order valence-electron chi connectivity index (χ4n) is 3.85. The van der Waals surface area contributed by atoms with Crippen LogP contribution in [-0.2, 0) is 9.53 Å². The number of hydrogen-bond donors (Lipinski definition) is 1. The molecule has 0 aliphatic carbocycles. The largest absolute Gasteiger partial charge is 0.450 e. The summed E-state index contributed by atoms with van der Waals surface area (Å²) in [6, 6.07) is 5.79. The van der Waals surface area contributed by atoms with Gasteiger partial charge >= 0.3 is 6.09 Å². The quantitative estimate of drug-likeness (QED) is 0.852. The van der Waals surface area contributed by atoms with E-state index in [1.807, 2.05) is 26.0 Å². The summed E-state index contributed by atoms with van der Waals surface area (Å²) in [5.41, 5.74) is 7.75. The maximum atomic E-state index is 12.1. The van der Waals surface area contributed by atoms with E-state index in [4.69, 9.17) is 10.5 Å². The number of rotatable bonds is 3. The zero-order valence-electron chi connectivity index (χ0n) is 13.9. The molecule has 2 heterocycles. The van der Waals surface area contributed by atoms with E-state index in [0.717, 1.165) is 22.1 Å². The molecule has 0 bridgehead atoms. The number of halogens is 1. The molecule has 2 aliphatic heterocycles. The highest BCUT2D eigenvalue weighted by molar-refractivity contribution is 9.10. The van der Waals surface area contributed by atoms with Gasteiger partial charge < -0.3 is 20.3 Å². The summed E-state index contributed by atoms with van der Waals surface area (Å²) in [7, 11) is 0. The predicted octanol–water partition coefficient (Wildman–Crippen LogP) is 2.46. The van der Waals surface area contributed by atoms with Crippen molar-refractivity contribution in [1.82, 2.24) is 4.90 Å². The zero-order chi connectivity index (χ0) is 17.4. The molecule has 2 N–H and O–H groups in total. The van der Waals surface area contributed by atoms with Crippen LogP contribution in [0.15, 0.2) is 22.7 Å². The second kappa shape index (κ2) is 6.63. The molecular weight excluding hydrogens is 374 g/mol. The van der Waals surface area contributed by atoms with Gasteiger partial charge in [-0.1, -0.05) is 12.1 Å². The number of likely N-dealkylation sites (tertiary alicyclic amines) is 1. The Hall–Kier alpha value is -1.76. The minimum atomic E-state index is -0.397. The van der Waals surface area contributed by atoms with Gasteiger partial charge in [-0.3, -0.25) is 4.79 Å². The monoisotopic (exact) mass is 395 g/mol. The number of fused-ring (bicyclic) bond motifs is 3. The van der Waals surface area contributed by atoms with E-state index in [0.29, 0.717) is 19.7 Å². The number of para-hydroxylation sites is 1. The van der Waals surface area contributed by atoms with Crippen LogP contribution in [0.3, 0.4) is 0 Å². The highest BCUT2D eigenvalue weighted by Crippen LogP contribution is 2.48. The Labute approximate surface area is 150 Å². The van der Waals surface area contributed by atoms with Crippen LogP contribution in [0.5, 0.6) is 0 Å². The molecule has 1 aromatic carbocycles. The topological polar surface area (TPSA) is 75.9 Å². The molecule has 1 aromatic rings. The van der Waals surface area contributed by atoms with Gasteiger partial charge in [-0.05, 0) is 47.8 Å². The fourth-order valence-corrected chi connectivity index (χ4v) is 4.43. The fraction of sp³-hybridized carbons (Fsp3) is 0.529. The summed E-state index contributed by atoms with van der Waals surface area (Å²) in [5, 5.41) is 0. The summed E-state index contributed by atoms with van der Waals surface area (Å²) in [5.74, 6) is -0.192. The van der Waals surface area contributed by atoms with E-state index in [1.54, 1.807) is 4.90 Å². The van der Waals surface area contributed by atoms with Crippen LogP contribution >= 0.6 is 15.9 Å². The van der Waals surface area contributed by atoms with E-state index in [1.165, 1.54) is 0 Å². The highest BCUT2D eigenvalue weighted by atomic mass is 79.9. The second-order valence-electron chi connectivity index (χ2n) is 6.27. The van der Waals surface area contributed by atoms with Gasteiger partial charge in [-0.15, -0.1) is 0 Å². The molecule has 2 amide bonds. The molecule has 1 unspecified atom stereocenters. The smallest absolute Gasteiger partial charge is 0.409 e. The summed E-state index contributed by atoms with van der Waals surface area (Å²) < 4.78 is 6.09. The summed E-state index contributed by atoms with van der Waals surface area (Å²) >= 11 is 3.61. The third-order valence-corrected chi connectivity index (χ3v) is 5.60. The Balaban J connectivity index is 1.96. The van der Waals surface area contributed by atoms with Gasteiger partial charge in [0, 0.05) is 29.5 Å². The molecule has 0 saturated carbocycles. The van der Waals surface area contributed by atoms with E-state index in [-0.39, 0.29) is 24.0 Å². The summed E-state index contributed by atoms with van der Waals surface area (Å²) in [6.45, 7) is 5.23. The average molecular weight is 396 g/mol. The van der Waals surface area contributed by atoms with E-state index < -0.39 is 6.04 Å². The van der Waals surface area contributed by atoms with Crippen molar-refractivity contribution in [1.29, 1.82) is 0 Å². The zero-order valence-corrected chi connectivity index (χ0v) is 15.5. The molecule has 1 saturated heterocycles.